The normalized spacial score (nSPS) is 15.9. The molecule has 3 heteroatoms. The van der Waals surface area contributed by atoms with Gasteiger partial charge in [0.2, 0.25) is 5.91 Å². The number of rotatable bonds is 3. The van der Waals surface area contributed by atoms with Crippen LogP contribution in [0.15, 0.2) is 23.4 Å². The second kappa shape index (κ2) is 4.96. The standard InChI is InChI=1S/C11H17NO2/c1-9(13)12(2)11-6-4-10(5-7-11)8-14-3/h4,6H,5,7-8H2,1-3H3. The Morgan fingerprint density at radius 3 is 2.64 bits per heavy atom. The first-order valence-corrected chi connectivity index (χ1v) is 4.77. The Hall–Kier alpha value is -1.09. The van der Waals surface area contributed by atoms with Gasteiger partial charge in [0, 0.05) is 26.8 Å². The molecule has 0 aliphatic heterocycles. The van der Waals surface area contributed by atoms with E-state index in [4.69, 9.17) is 4.74 Å². The van der Waals surface area contributed by atoms with Crippen LogP contribution in [-0.4, -0.2) is 31.6 Å². The van der Waals surface area contributed by atoms with Gasteiger partial charge in [0.05, 0.1) is 6.61 Å². The highest BCUT2D eigenvalue weighted by molar-refractivity contribution is 5.75. The second-order valence-electron chi connectivity index (χ2n) is 3.49. The van der Waals surface area contributed by atoms with E-state index >= 15 is 0 Å². The van der Waals surface area contributed by atoms with Gasteiger partial charge >= 0.3 is 0 Å². The minimum atomic E-state index is 0.0832. The molecule has 0 saturated heterocycles. The molecule has 0 spiro atoms. The molecule has 3 nitrogen and oxygen atoms in total. The van der Waals surface area contributed by atoms with Crippen LogP contribution < -0.4 is 0 Å². The molecule has 1 aliphatic rings. The van der Waals surface area contributed by atoms with Crippen LogP contribution in [0, 0.1) is 0 Å². The minimum Gasteiger partial charge on any atom is -0.380 e. The second-order valence-corrected chi connectivity index (χ2v) is 3.49. The largest absolute Gasteiger partial charge is 0.380 e. The molecule has 0 saturated carbocycles. The minimum absolute atomic E-state index is 0.0832. The monoisotopic (exact) mass is 195 g/mol. The lowest BCUT2D eigenvalue weighted by Crippen LogP contribution is -2.24. The van der Waals surface area contributed by atoms with E-state index in [1.54, 1.807) is 18.9 Å². The van der Waals surface area contributed by atoms with Crippen LogP contribution >= 0.6 is 0 Å². The lowest BCUT2D eigenvalue weighted by Gasteiger charge is -2.22. The SMILES string of the molecule is COCC1=CC=C(N(C)C(C)=O)CC1. The highest BCUT2D eigenvalue weighted by atomic mass is 16.5. The van der Waals surface area contributed by atoms with Crippen LogP contribution in [0.4, 0.5) is 0 Å². The summed E-state index contributed by atoms with van der Waals surface area (Å²) in [7, 11) is 3.51. The highest BCUT2D eigenvalue weighted by Crippen LogP contribution is 2.20. The maximum absolute atomic E-state index is 11.1. The van der Waals surface area contributed by atoms with Crippen molar-refractivity contribution in [1.29, 1.82) is 0 Å². The molecule has 0 aromatic heterocycles. The molecule has 1 aliphatic carbocycles. The van der Waals surface area contributed by atoms with Gasteiger partial charge in [0.25, 0.3) is 0 Å². The average molecular weight is 195 g/mol. The lowest BCUT2D eigenvalue weighted by atomic mass is 10.0. The number of amides is 1. The smallest absolute Gasteiger partial charge is 0.223 e. The summed E-state index contributed by atoms with van der Waals surface area (Å²) in [6.07, 6.45) is 5.95. The lowest BCUT2D eigenvalue weighted by molar-refractivity contribution is -0.125. The highest BCUT2D eigenvalue weighted by Gasteiger charge is 2.12. The van der Waals surface area contributed by atoms with Crippen molar-refractivity contribution in [1.82, 2.24) is 4.90 Å². The van der Waals surface area contributed by atoms with Gasteiger partial charge in [-0.2, -0.15) is 0 Å². The third kappa shape index (κ3) is 2.70. The summed E-state index contributed by atoms with van der Waals surface area (Å²) in [5.74, 6) is 0.0832. The zero-order chi connectivity index (χ0) is 10.6. The van der Waals surface area contributed by atoms with E-state index in [1.807, 2.05) is 19.2 Å². The van der Waals surface area contributed by atoms with E-state index in [0.29, 0.717) is 6.61 Å². The fourth-order valence-corrected chi connectivity index (χ4v) is 1.46. The molecule has 1 amide bonds. The van der Waals surface area contributed by atoms with Crippen molar-refractivity contribution in [3.05, 3.63) is 23.4 Å². The first kappa shape index (κ1) is 11.0. The Balaban J connectivity index is 2.63. The Bertz CT molecular complexity index is 279. The molecule has 0 heterocycles. The summed E-state index contributed by atoms with van der Waals surface area (Å²) < 4.78 is 5.05. The van der Waals surface area contributed by atoms with Gasteiger partial charge < -0.3 is 9.64 Å². The van der Waals surface area contributed by atoms with Crippen molar-refractivity contribution in [3.8, 4) is 0 Å². The molecule has 0 aromatic carbocycles. The summed E-state index contributed by atoms with van der Waals surface area (Å²) in [6.45, 7) is 2.27. The summed E-state index contributed by atoms with van der Waals surface area (Å²) in [6, 6.07) is 0. The quantitative estimate of drug-likeness (QED) is 0.686. The van der Waals surface area contributed by atoms with Gasteiger partial charge in [-0.25, -0.2) is 0 Å². The zero-order valence-corrected chi connectivity index (χ0v) is 9.04. The molecule has 0 bridgehead atoms. The summed E-state index contributed by atoms with van der Waals surface area (Å²) in [5, 5.41) is 0. The van der Waals surface area contributed by atoms with Gasteiger partial charge in [-0.3, -0.25) is 4.79 Å². The van der Waals surface area contributed by atoms with Crippen LogP contribution in [-0.2, 0) is 9.53 Å². The third-order valence-electron chi connectivity index (χ3n) is 2.45. The van der Waals surface area contributed by atoms with Gasteiger partial charge in [-0.15, -0.1) is 0 Å². The fraction of sp³-hybridized carbons (Fsp3) is 0.545. The van der Waals surface area contributed by atoms with Crippen molar-refractivity contribution < 1.29 is 9.53 Å². The summed E-state index contributed by atoms with van der Waals surface area (Å²) in [5.41, 5.74) is 2.37. The average Bonchev–Trinajstić information content (AvgIpc) is 2.18. The number of allylic oxidation sites excluding steroid dienone is 3. The molecule has 14 heavy (non-hydrogen) atoms. The first-order chi connectivity index (χ1) is 6.65. The van der Waals surface area contributed by atoms with Gasteiger partial charge in [0.1, 0.15) is 0 Å². The van der Waals surface area contributed by atoms with E-state index in [9.17, 15) is 4.79 Å². The molecular formula is C11H17NO2. The molecule has 0 aromatic rings. The van der Waals surface area contributed by atoms with Crippen molar-refractivity contribution >= 4 is 5.91 Å². The topological polar surface area (TPSA) is 29.5 Å². The molecule has 78 valence electrons. The number of nitrogens with zero attached hydrogens (tertiary/aromatic N) is 1. The number of hydrogen-bond donors (Lipinski definition) is 0. The zero-order valence-electron chi connectivity index (χ0n) is 9.04. The molecule has 0 radical (unpaired) electrons. The maximum atomic E-state index is 11.1. The van der Waals surface area contributed by atoms with Crippen molar-refractivity contribution in [2.75, 3.05) is 20.8 Å². The molecule has 1 rings (SSSR count). The summed E-state index contributed by atoms with van der Waals surface area (Å²) >= 11 is 0. The maximum Gasteiger partial charge on any atom is 0.223 e. The van der Waals surface area contributed by atoms with Gasteiger partial charge in [0.15, 0.2) is 0 Å². The predicted octanol–water partition coefficient (Wildman–Crippen LogP) is 1.72. The van der Waals surface area contributed by atoms with Crippen molar-refractivity contribution in [2.24, 2.45) is 0 Å². The van der Waals surface area contributed by atoms with E-state index < -0.39 is 0 Å². The number of methoxy groups -OCH3 is 1. The number of carbonyl (C=O) groups excluding carboxylic acids is 1. The number of hydrogen-bond acceptors (Lipinski definition) is 2. The van der Waals surface area contributed by atoms with Crippen LogP contribution in [0.1, 0.15) is 19.8 Å². The Morgan fingerprint density at radius 2 is 2.21 bits per heavy atom. The van der Waals surface area contributed by atoms with E-state index in [0.717, 1.165) is 18.5 Å². The fourth-order valence-electron chi connectivity index (χ4n) is 1.46. The van der Waals surface area contributed by atoms with Crippen molar-refractivity contribution in [2.45, 2.75) is 19.8 Å². The van der Waals surface area contributed by atoms with E-state index in [-0.39, 0.29) is 5.91 Å². The van der Waals surface area contributed by atoms with E-state index in [1.165, 1.54) is 5.57 Å². The Kier molecular flexibility index (Phi) is 3.89. The molecule has 0 N–H and O–H groups in total. The molecule has 0 atom stereocenters. The third-order valence-corrected chi connectivity index (χ3v) is 2.45. The summed E-state index contributed by atoms with van der Waals surface area (Å²) in [4.78, 5) is 12.8. The Morgan fingerprint density at radius 1 is 1.50 bits per heavy atom. The van der Waals surface area contributed by atoms with Gasteiger partial charge in [-0.1, -0.05) is 6.08 Å². The van der Waals surface area contributed by atoms with Gasteiger partial charge in [-0.05, 0) is 24.5 Å². The van der Waals surface area contributed by atoms with Crippen LogP contribution in [0.5, 0.6) is 0 Å². The van der Waals surface area contributed by atoms with Crippen LogP contribution in [0.25, 0.3) is 0 Å². The molecular weight excluding hydrogens is 178 g/mol. The van der Waals surface area contributed by atoms with Crippen LogP contribution in [0.2, 0.25) is 0 Å². The van der Waals surface area contributed by atoms with Crippen LogP contribution in [0.3, 0.4) is 0 Å². The first-order valence-electron chi connectivity index (χ1n) is 4.77. The van der Waals surface area contributed by atoms with Crippen molar-refractivity contribution in [3.63, 3.8) is 0 Å². The Labute approximate surface area is 85.0 Å². The molecule has 0 unspecified atom stereocenters. The number of ether oxygens (including phenoxy) is 1. The van der Waals surface area contributed by atoms with E-state index in [2.05, 4.69) is 0 Å². The predicted molar refractivity (Wildman–Crippen MR) is 55.7 cm³/mol. The number of carbonyl (C=O) groups is 1. The molecule has 0 fully saturated rings.